The first kappa shape index (κ1) is 23.5. The van der Waals surface area contributed by atoms with Crippen molar-refractivity contribution < 1.29 is 9.90 Å². The van der Waals surface area contributed by atoms with Gasteiger partial charge in [0.25, 0.3) is 0 Å². The van der Waals surface area contributed by atoms with Crippen molar-refractivity contribution in [1.29, 1.82) is 0 Å². The molecular formula is C24H28ClN3O2. The van der Waals surface area contributed by atoms with E-state index in [2.05, 4.69) is 22.5 Å². The number of anilines is 1. The van der Waals surface area contributed by atoms with E-state index >= 15 is 0 Å². The Hall–Kier alpha value is -2.73. The molecule has 0 radical (unpaired) electrons. The molecule has 1 heterocycles. The van der Waals surface area contributed by atoms with Gasteiger partial charge in [-0.25, -0.2) is 0 Å². The lowest BCUT2D eigenvalue weighted by Crippen LogP contribution is -2.32. The molecule has 0 aliphatic heterocycles. The summed E-state index contributed by atoms with van der Waals surface area (Å²) in [6, 6.07) is 23.3. The molecule has 3 N–H and O–H groups in total. The summed E-state index contributed by atoms with van der Waals surface area (Å²) in [7, 11) is 0. The minimum absolute atomic E-state index is 0. The molecule has 3 rings (SSSR count). The molecule has 0 aliphatic carbocycles. The zero-order valence-electron chi connectivity index (χ0n) is 17.0. The second-order valence-corrected chi connectivity index (χ2v) is 7.18. The molecule has 0 aliphatic rings. The van der Waals surface area contributed by atoms with Crippen LogP contribution in [-0.2, 0) is 17.6 Å². The predicted octanol–water partition coefficient (Wildman–Crippen LogP) is 3.94. The molecule has 0 spiro atoms. The summed E-state index contributed by atoms with van der Waals surface area (Å²) in [4.78, 5) is 16.3. The van der Waals surface area contributed by atoms with Crippen molar-refractivity contribution in [3.05, 3.63) is 95.8 Å². The molecule has 30 heavy (non-hydrogen) atoms. The molecule has 0 fully saturated rings. The van der Waals surface area contributed by atoms with Gasteiger partial charge in [-0.05, 0) is 48.7 Å². The zero-order chi connectivity index (χ0) is 20.5. The van der Waals surface area contributed by atoms with Gasteiger partial charge in [-0.3, -0.25) is 9.78 Å². The van der Waals surface area contributed by atoms with Gasteiger partial charge >= 0.3 is 0 Å². The second kappa shape index (κ2) is 12.1. The molecule has 0 unspecified atom stereocenters. The van der Waals surface area contributed by atoms with Crippen LogP contribution in [0.25, 0.3) is 0 Å². The Kier molecular flexibility index (Phi) is 9.48. The third-order valence-corrected chi connectivity index (χ3v) is 4.69. The van der Waals surface area contributed by atoms with Gasteiger partial charge in [0, 0.05) is 30.2 Å². The Balaban J connectivity index is 0.00000320. The first-order valence-corrected chi connectivity index (χ1v) is 9.85. The van der Waals surface area contributed by atoms with Crippen LogP contribution in [0.1, 0.15) is 29.8 Å². The predicted molar refractivity (Wildman–Crippen MR) is 123 cm³/mol. The minimum Gasteiger partial charge on any atom is -0.387 e. The van der Waals surface area contributed by atoms with Gasteiger partial charge in [0.2, 0.25) is 5.91 Å². The van der Waals surface area contributed by atoms with E-state index < -0.39 is 6.10 Å². The van der Waals surface area contributed by atoms with Gasteiger partial charge in [-0.1, -0.05) is 48.5 Å². The molecule has 2 aromatic carbocycles. The molecule has 0 saturated carbocycles. The highest BCUT2D eigenvalue weighted by molar-refractivity contribution is 5.92. The minimum atomic E-state index is -0.518. The monoisotopic (exact) mass is 425 g/mol. The number of aliphatic hydroxyl groups excluding tert-OH is 1. The average molecular weight is 426 g/mol. The van der Waals surface area contributed by atoms with Crippen LogP contribution >= 0.6 is 12.4 Å². The Morgan fingerprint density at radius 3 is 2.37 bits per heavy atom. The van der Waals surface area contributed by atoms with E-state index in [1.807, 2.05) is 72.8 Å². The number of halogens is 1. The van der Waals surface area contributed by atoms with E-state index in [1.165, 1.54) is 5.56 Å². The lowest BCUT2D eigenvalue weighted by molar-refractivity contribution is -0.115. The SMILES string of the molecule is C[C@H](Cc1ccc(NC(=O)Cc2ccccn2)cc1)NC[C@H](O)c1ccccc1.Cl. The van der Waals surface area contributed by atoms with Crippen LogP contribution in [-0.4, -0.2) is 28.6 Å². The quantitative estimate of drug-likeness (QED) is 0.485. The van der Waals surface area contributed by atoms with Crippen molar-refractivity contribution in [2.24, 2.45) is 0 Å². The van der Waals surface area contributed by atoms with E-state index in [9.17, 15) is 9.90 Å². The van der Waals surface area contributed by atoms with Crippen LogP contribution in [0.4, 0.5) is 5.69 Å². The fourth-order valence-corrected chi connectivity index (χ4v) is 3.13. The number of amides is 1. The molecule has 2 atom stereocenters. The van der Waals surface area contributed by atoms with Crippen LogP contribution < -0.4 is 10.6 Å². The Labute approximate surface area is 184 Å². The summed E-state index contributed by atoms with van der Waals surface area (Å²) in [6.07, 6.45) is 2.26. The maximum atomic E-state index is 12.1. The summed E-state index contributed by atoms with van der Waals surface area (Å²) in [5.41, 5.74) is 3.61. The highest BCUT2D eigenvalue weighted by Crippen LogP contribution is 2.14. The number of benzene rings is 2. The maximum Gasteiger partial charge on any atom is 0.230 e. The molecule has 3 aromatic rings. The van der Waals surface area contributed by atoms with E-state index in [0.29, 0.717) is 6.54 Å². The number of carbonyl (C=O) groups is 1. The first-order chi connectivity index (χ1) is 14.1. The maximum absolute atomic E-state index is 12.1. The lowest BCUT2D eigenvalue weighted by Gasteiger charge is -2.18. The van der Waals surface area contributed by atoms with Crippen molar-refractivity contribution in [3.8, 4) is 0 Å². The number of hydrogen-bond acceptors (Lipinski definition) is 4. The van der Waals surface area contributed by atoms with Crippen molar-refractivity contribution in [3.63, 3.8) is 0 Å². The highest BCUT2D eigenvalue weighted by atomic mass is 35.5. The van der Waals surface area contributed by atoms with Crippen LogP contribution in [0.3, 0.4) is 0 Å². The summed E-state index contributed by atoms with van der Waals surface area (Å²) in [5, 5.41) is 16.5. The number of pyridine rings is 1. The second-order valence-electron chi connectivity index (χ2n) is 7.18. The summed E-state index contributed by atoms with van der Waals surface area (Å²) in [5.74, 6) is -0.0821. The van der Waals surface area contributed by atoms with Crippen LogP contribution in [0.15, 0.2) is 79.0 Å². The Morgan fingerprint density at radius 1 is 1.00 bits per heavy atom. The molecule has 6 heteroatoms. The molecule has 1 aromatic heterocycles. The molecule has 158 valence electrons. The standard InChI is InChI=1S/C24H27N3O2.ClH/c1-18(26-17-23(28)20-7-3-2-4-8-20)15-19-10-12-21(13-11-19)27-24(29)16-22-9-5-6-14-25-22;/h2-14,18,23,26,28H,15-17H2,1H3,(H,27,29);1H/t18-,23+;/m1./s1. The van der Waals surface area contributed by atoms with Gasteiger partial charge in [-0.2, -0.15) is 0 Å². The van der Waals surface area contributed by atoms with Crippen molar-refractivity contribution in [1.82, 2.24) is 10.3 Å². The average Bonchev–Trinajstić information content (AvgIpc) is 2.75. The Bertz CT molecular complexity index is 889. The number of nitrogens with zero attached hydrogens (tertiary/aromatic N) is 1. The normalized spacial score (nSPS) is 12.5. The van der Waals surface area contributed by atoms with Crippen LogP contribution in [0, 0.1) is 0 Å². The number of aromatic nitrogens is 1. The number of rotatable bonds is 9. The third kappa shape index (κ3) is 7.59. The van der Waals surface area contributed by atoms with Gasteiger partial charge in [-0.15, -0.1) is 12.4 Å². The number of nitrogens with one attached hydrogen (secondary N) is 2. The van der Waals surface area contributed by atoms with Crippen LogP contribution in [0.5, 0.6) is 0 Å². The third-order valence-electron chi connectivity index (χ3n) is 4.69. The number of aliphatic hydroxyl groups is 1. The Morgan fingerprint density at radius 2 is 1.70 bits per heavy atom. The van der Waals surface area contributed by atoms with Crippen molar-refractivity contribution in [2.75, 3.05) is 11.9 Å². The summed E-state index contributed by atoms with van der Waals surface area (Å²) < 4.78 is 0. The number of carbonyl (C=O) groups excluding carboxylic acids is 1. The fraction of sp³-hybridized carbons (Fsp3) is 0.250. The van der Waals surface area contributed by atoms with E-state index in [4.69, 9.17) is 0 Å². The molecule has 1 amide bonds. The van der Waals surface area contributed by atoms with E-state index in [-0.39, 0.29) is 30.8 Å². The van der Waals surface area contributed by atoms with Crippen molar-refractivity contribution >= 4 is 24.0 Å². The molecule has 0 bridgehead atoms. The summed E-state index contributed by atoms with van der Waals surface area (Å²) in [6.45, 7) is 2.60. The number of hydrogen-bond donors (Lipinski definition) is 3. The first-order valence-electron chi connectivity index (χ1n) is 9.85. The fourth-order valence-electron chi connectivity index (χ4n) is 3.13. The van der Waals surface area contributed by atoms with Gasteiger partial charge in [0.1, 0.15) is 0 Å². The van der Waals surface area contributed by atoms with Crippen LogP contribution in [0.2, 0.25) is 0 Å². The van der Waals surface area contributed by atoms with Gasteiger partial charge < -0.3 is 15.7 Å². The van der Waals surface area contributed by atoms with Gasteiger partial charge in [0.15, 0.2) is 0 Å². The smallest absolute Gasteiger partial charge is 0.230 e. The lowest BCUT2D eigenvalue weighted by atomic mass is 10.1. The zero-order valence-corrected chi connectivity index (χ0v) is 17.8. The molecular weight excluding hydrogens is 398 g/mol. The van der Waals surface area contributed by atoms with Crippen molar-refractivity contribution in [2.45, 2.75) is 31.9 Å². The van der Waals surface area contributed by atoms with E-state index in [0.717, 1.165) is 23.4 Å². The largest absolute Gasteiger partial charge is 0.387 e. The molecule has 5 nitrogen and oxygen atoms in total. The highest BCUT2D eigenvalue weighted by Gasteiger charge is 2.10. The molecule has 0 saturated heterocycles. The van der Waals surface area contributed by atoms with E-state index in [1.54, 1.807) is 6.20 Å². The van der Waals surface area contributed by atoms with Gasteiger partial charge in [0.05, 0.1) is 12.5 Å². The topological polar surface area (TPSA) is 74.2 Å². The summed E-state index contributed by atoms with van der Waals surface area (Å²) >= 11 is 0.